The largest absolute Gasteiger partial charge is 0.508 e. The first-order valence-corrected chi connectivity index (χ1v) is 36.1. The monoisotopic (exact) mass is 1630 g/mol. The molecular weight excluding hydrogens is 1530 g/mol. The summed E-state index contributed by atoms with van der Waals surface area (Å²) >= 11 is 12.0. The summed E-state index contributed by atoms with van der Waals surface area (Å²) in [6.07, 6.45) is -8.78. The highest BCUT2D eigenvalue weighted by Crippen LogP contribution is 2.16. The van der Waals surface area contributed by atoms with E-state index in [0.717, 1.165) is 13.8 Å². The highest BCUT2D eigenvalue weighted by Gasteiger charge is 2.40. The number of guanidine groups is 1. The second-order valence-corrected chi connectivity index (χ2v) is 26.7. The molecule has 14 amide bonds. The average molecular weight is 1630 g/mol. The quantitative estimate of drug-likeness (QED) is 0.0125. The van der Waals surface area contributed by atoms with Crippen LogP contribution < -0.4 is 92.1 Å². The molecule has 0 spiro atoms. The zero-order valence-electron chi connectivity index (χ0n) is 61.2. The lowest BCUT2D eigenvalue weighted by Crippen LogP contribution is -2.63. The van der Waals surface area contributed by atoms with Crippen LogP contribution in [0.4, 0.5) is 0 Å². The van der Waals surface area contributed by atoms with Crippen LogP contribution in [-0.2, 0) is 97.5 Å². The predicted molar refractivity (Wildman–Crippen MR) is 398 cm³/mol. The number of benzene rings is 1. The molecule has 0 unspecified atom stereocenters. The molecule has 111 heavy (non-hydrogen) atoms. The molecule has 1 rings (SSSR count). The topological polar surface area (TPSA) is 739 Å². The van der Waals surface area contributed by atoms with Gasteiger partial charge in [0.1, 0.15) is 84.3 Å². The molecule has 620 valence electrons. The van der Waals surface area contributed by atoms with Gasteiger partial charge < -0.3 is 128 Å². The van der Waals surface area contributed by atoms with Crippen molar-refractivity contribution in [3.05, 3.63) is 29.8 Å². The molecule has 0 aromatic heterocycles. The second-order valence-electron chi connectivity index (χ2n) is 25.7. The minimum atomic E-state index is -2.14. The summed E-state index contributed by atoms with van der Waals surface area (Å²) in [5, 5.41) is 98.0. The third kappa shape index (κ3) is 36.5. The summed E-state index contributed by atoms with van der Waals surface area (Å²) < 4.78 is 0. The second kappa shape index (κ2) is 49.4. The van der Waals surface area contributed by atoms with Gasteiger partial charge in [-0.2, -0.15) is 37.9 Å². The van der Waals surface area contributed by atoms with Crippen molar-refractivity contribution in [1.82, 2.24) is 69.1 Å². The summed E-state index contributed by atoms with van der Waals surface area (Å²) in [5.41, 5.74) is 22.2. The molecule has 47 heteroatoms. The fourth-order valence-electron chi connectivity index (χ4n) is 9.80. The van der Waals surface area contributed by atoms with Gasteiger partial charge in [-0.05, 0) is 69.1 Å². The smallest absolute Gasteiger partial charge is 0.327 e. The molecule has 16 atom stereocenters. The number of primary amides is 1. The van der Waals surface area contributed by atoms with Crippen molar-refractivity contribution in [1.29, 1.82) is 0 Å². The number of aliphatic carboxylic acids is 5. The van der Waals surface area contributed by atoms with Crippen molar-refractivity contribution in [3.8, 4) is 5.75 Å². The van der Waals surface area contributed by atoms with E-state index in [1.54, 1.807) is 0 Å². The van der Waals surface area contributed by atoms with Gasteiger partial charge in [0.25, 0.3) is 0 Å². The third-order valence-corrected chi connectivity index (χ3v) is 17.3. The van der Waals surface area contributed by atoms with E-state index in [4.69, 9.17) is 22.9 Å². The molecule has 1 aromatic carbocycles. The minimum absolute atomic E-state index is 0.0175. The molecule has 0 saturated carbocycles. The normalized spacial score (nSPS) is 15.3. The van der Waals surface area contributed by atoms with Gasteiger partial charge in [0, 0.05) is 43.1 Å². The molecule has 1 aromatic rings. The summed E-state index contributed by atoms with van der Waals surface area (Å²) in [6, 6.07) is -19.6. The first-order valence-electron chi connectivity index (χ1n) is 34.2. The van der Waals surface area contributed by atoms with E-state index in [-0.39, 0.29) is 49.7 Å². The van der Waals surface area contributed by atoms with Crippen LogP contribution in [0.1, 0.15) is 111 Å². The number of nitrogens with one attached hydrogen (secondary N) is 13. The highest BCUT2D eigenvalue weighted by molar-refractivity contribution is 7.80. The number of aliphatic hydroxyl groups excluding tert-OH is 1. The number of rotatable bonds is 52. The molecule has 0 fully saturated rings. The van der Waals surface area contributed by atoms with Gasteiger partial charge >= 0.3 is 29.8 Å². The lowest BCUT2D eigenvalue weighted by molar-refractivity contribution is -0.142. The number of carbonyl (C=O) groups is 19. The third-order valence-electron chi connectivity index (χ3n) is 16.2. The number of hydrogen-bond acceptors (Lipinski definition) is 26. The zero-order chi connectivity index (χ0) is 84.9. The molecule has 0 aliphatic carbocycles. The maximum atomic E-state index is 14.2. The maximum Gasteiger partial charge on any atom is 0.327 e. The Balaban J connectivity index is 3.53. The van der Waals surface area contributed by atoms with Gasteiger partial charge in [-0.25, -0.2) is 4.79 Å². The summed E-state index contributed by atoms with van der Waals surface area (Å²) in [7, 11) is 0. The number of carboxylic acid groups (broad SMARTS) is 5. The average Bonchev–Trinajstić information content (AvgIpc) is 0.847. The number of phenols is 1. The predicted octanol–water partition coefficient (Wildman–Crippen LogP) is -8.85. The van der Waals surface area contributed by atoms with E-state index < -0.39 is 272 Å². The van der Waals surface area contributed by atoms with E-state index in [1.807, 2.05) is 0 Å². The number of nitrogens with zero attached hydrogens (tertiary/aromatic N) is 1. The number of amides is 14. The van der Waals surface area contributed by atoms with Crippen LogP contribution in [0.5, 0.6) is 5.75 Å². The standard InChI is InChI=1S/C64H100N18O26S3/c1-7-27(4)48(61(105)82-49(29(6)83)62(106)73-35(15-17-44(88)89)53(97)74-36(19-30-10-12-31(84)13-11-30)56(100)79-41(25-111)63(107)108)81-58(102)39(22-46(92)93)76-59(103)40(24-110)78-54(98)34(14-16-43(86)87)72-57(101)37(20-42(66)85)77-60(104)47(26(2)3)80-50(94)28(5)70-55(99)38(21-45(90)91)75-52(96)33(9-8-18-69-64(67)68)71-51(95)32(65)23-109/h10-13,26-29,32-41,47-49,83-84,109-111H,7-9,14-25,65H2,1-6H3,(H2,66,85)(H,70,99)(H,71,95)(H,72,101)(H,73,106)(H,74,97)(H,75,96)(H,76,103)(H,77,104)(H,78,98)(H,79,100)(H,80,94)(H,81,102)(H,82,105)(H,86,87)(H,88,89)(H,90,91)(H,92,93)(H,107,108)(H4,67,68,69)/t27-,28-,29+,32-,33-,34-,35-,36-,37-,38-,39-,40-,41-,47-,48-,49-/m0/s1. The van der Waals surface area contributed by atoms with Crippen LogP contribution in [0, 0.1) is 11.8 Å². The van der Waals surface area contributed by atoms with Crippen molar-refractivity contribution in [2.75, 3.05) is 23.8 Å². The molecule has 28 N–H and O–H groups in total. The van der Waals surface area contributed by atoms with Crippen LogP contribution >= 0.6 is 37.9 Å². The lowest BCUT2D eigenvalue weighted by atomic mass is 9.96. The Bertz CT molecular complexity index is 3520. The Morgan fingerprint density at radius 2 is 0.784 bits per heavy atom. The van der Waals surface area contributed by atoms with E-state index in [0.29, 0.717) is 5.56 Å². The van der Waals surface area contributed by atoms with E-state index in [1.165, 1.54) is 52.0 Å². The molecular formula is C64H100N18O26S3. The Labute approximate surface area is 651 Å². The summed E-state index contributed by atoms with van der Waals surface area (Å²) in [4.78, 5) is 255. The van der Waals surface area contributed by atoms with Gasteiger partial charge in [0.05, 0.1) is 31.4 Å². The molecule has 44 nitrogen and oxygen atoms in total. The number of phenolic OH excluding ortho intramolecular Hbond substituents is 1. The molecule has 0 bridgehead atoms. The fourth-order valence-corrected chi connectivity index (χ4v) is 10.5. The minimum Gasteiger partial charge on any atom is -0.508 e. The van der Waals surface area contributed by atoms with Crippen LogP contribution in [0.15, 0.2) is 29.3 Å². The van der Waals surface area contributed by atoms with E-state index >= 15 is 0 Å². The Hall–Kier alpha value is -10.8. The Kier molecular flexibility index (Phi) is 43.7. The van der Waals surface area contributed by atoms with Crippen molar-refractivity contribution < 1.29 is 127 Å². The molecule has 0 aliphatic rings. The summed E-state index contributed by atoms with van der Waals surface area (Å²) in [5.74, 6) is -28.6. The first kappa shape index (κ1) is 98.2. The van der Waals surface area contributed by atoms with Crippen molar-refractivity contribution in [2.45, 2.75) is 203 Å². The molecule has 0 heterocycles. The molecule has 0 saturated heterocycles. The molecule has 0 aliphatic heterocycles. The van der Waals surface area contributed by atoms with E-state index in [9.17, 15) is 127 Å². The van der Waals surface area contributed by atoms with Gasteiger partial charge in [-0.15, -0.1) is 0 Å². The number of hydrogen-bond donors (Lipinski definition) is 27. The van der Waals surface area contributed by atoms with Gasteiger partial charge in [-0.1, -0.05) is 46.2 Å². The Morgan fingerprint density at radius 1 is 0.414 bits per heavy atom. The molecule has 0 radical (unpaired) electrons. The van der Waals surface area contributed by atoms with Crippen LogP contribution in [0.3, 0.4) is 0 Å². The van der Waals surface area contributed by atoms with Gasteiger partial charge in [-0.3, -0.25) is 91.3 Å². The SMILES string of the molecule is CC[C@H](C)[C@H](NC(=O)[C@H](CC(=O)O)NC(=O)[C@H](CS)NC(=O)[C@H](CCC(=O)O)NC(=O)[C@H](CC(N)=O)NC(=O)[C@@H](NC(=O)[C@H](C)NC(=O)[C@H](CC(=O)O)NC(=O)[C@H](CCCN=C(N)N)NC(=O)[C@@H](N)CS)C(C)C)C(=O)N[C@H](C(=O)N[C@@H](CCC(=O)O)C(=O)N[C@@H](Cc1ccc(O)cc1)C(=O)N[C@@H](CS)C(=O)O)[C@@H](C)O. The summed E-state index contributed by atoms with van der Waals surface area (Å²) in [6.45, 7) is 7.79. The van der Waals surface area contributed by atoms with Crippen molar-refractivity contribution in [2.24, 2.45) is 39.8 Å². The zero-order valence-corrected chi connectivity index (χ0v) is 63.9. The fraction of sp³-hybridized carbons (Fsp3) is 0.594. The Morgan fingerprint density at radius 3 is 1.23 bits per heavy atom. The van der Waals surface area contributed by atoms with Crippen LogP contribution in [-0.4, -0.2) is 269 Å². The van der Waals surface area contributed by atoms with Gasteiger partial charge in [0.15, 0.2) is 5.96 Å². The number of aliphatic hydroxyl groups is 1. The van der Waals surface area contributed by atoms with E-state index in [2.05, 4.69) is 112 Å². The number of carbonyl (C=O) groups excluding carboxylic acids is 14. The lowest BCUT2D eigenvalue weighted by Gasteiger charge is -2.30. The first-order chi connectivity index (χ1) is 51.8. The number of aromatic hydroxyl groups is 1. The highest BCUT2D eigenvalue weighted by atomic mass is 32.1. The van der Waals surface area contributed by atoms with Crippen molar-refractivity contribution in [3.63, 3.8) is 0 Å². The number of nitrogens with two attached hydrogens (primary N) is 4. The van der Waals surface area contributed by atoms with Crippen LogP contribution in [0.2, 0.25) is 0 Å². The maximum absolute atomic E-state index is 14.2. The number of thiol groups is 3. The van der Waals surface area contributed by atoms with Crippen molar-refractivity contribution >= 4 is 156 Å². The number of carboxylic acids is 5. The van der Waals surface area contributed by atoms with Gasteiger partial charge in [0.2, 0.25) is 82.7 Å². The number of aliphatic imine (C=N–C) groups is 1. The van der Waals surface area contributed by atoms with Crippen LogP contribution in [0.25, 0.3) is 0 Å².